The molecule has 32 heavy (non-hydrogen) atoms. The van der Waals surface area contributed by atoms with E-state index in [1.165, 1.54) is 27.1 Å². The smallest absolute Gasteiger partial charge is 0.261 e. The van der Waals surface area contributed by atoms with Crippen molar-refractivity contribution >= 4 is 38.2 Å². The van der Waals surface area contributed by atoms with Gasteiger partial charge in [-0.25, -0.2) is 9.97 Å². The predicted molar refractivity (Wildman–Crippen MR) is 121 cm³/mol. The monoisotopic (exact) mass is 445 g/mol. The average Bonchev–Trinajstić information content (AvgIpc) is 3.18. The lowest BCUT2D eigenvalue weighted by Gasteiger charge is -2.10. The molecule has 160 valence electrons. The summed E-state index contributed by atoms with van der Waals surface area (Å²) in [7, 11) is 0. The Morgan fingerprint density at radius 1 is 1.25 bits per heavy atom. The zero-order valence-corrected chi connectivity index (χ0v) is 17.9. The zero-order chi connectivity index (χ0) is 22.2. The van der Waals surface area contributed by atoms with Crippen LogP contribution in [0.15, 0.2) is 40.2 Å². The number of aromatic amines is 1. The highest BCUT2D eigenvalue weighted by Crippen LogP contribution is 2.34. The Balaban J connectivity index is 1.41. The van der Waals surface area contributed by atoms with Gasteiger partial charge in [0.05, 0.1) is 28.7 Å². The predicted octanol–water partition coefficient (Wildman–Crippen LogP) is 2.84. The van der Waals surface area contributed by atoms with Gasteiger partial charge >= 0.3 is 0 Å². The number of carbonyl (C=O) groups is 1. The third-order valence-electron chi connectivity index (χ3n) is 5.90. The van der Waals surface area contributed by atoms with Crippen LogP contribution in [0.1, 0.15) is 41.4 Å². The van der Waals surface area contributed by atoms with Crippen LogP contribution in [0.3, 0.4) is 0 Å². The molecular weight excluding hydrogens is 426 g/mol. The van der Waals surface area contributed by atoms with E-state index >= 15 is 0 Å². The minimum Gasteiger partial charge on any atom is -0.308 e. The van der Waals surface area contributed by atoms with Gasteiger partial charge in [0.2, 0.25) is 0 Å². The van der Waals surface area contributed by atoms with Gasteiger partial charge in [0.15, 0.2) is 11.7 Å². The van der Waals surface area contributed by atoms with Crippen LogP contribution in [-0.4, -0.2) is 25.3 Å². The Labute approximate surface area is 186 Å². The Hall–Kier alpha value is -3.64. The molecule has 0 saturated heterocycles. The molecule has 0 saturated carbocycles. The molecule has 4 aromatic rings. The number of carbonyl (C=O) groups excluding carboxylic acids is 1. The highest BCUT2D eigenvalue weighted by molar-refractivity contribution is 7.18. The fourth-order valence-electron chi connectivity index (χ4n) is 4.24. The molecule has 1 aliphatic rings. The van der Waals surface area contributed by atoms with Crippen LogP contribution in [0.5, 0.6) is 0 Å². The van der Waals surface area contributed by atoms with Crippen molar-refractivity contribution in [1.82, 2.24) is 19.5 Å². The first kappa shape index (κ1) is 20.3. The number of rotatable bonds is 5. The number of Topliss-reactive ketones (excluding diaryl/α,β-unsaturated/α-hetero) is 1. The van der Waals surface area contributed by atoms with Gasteiger partial charge in [-0.1, -0.05) is 12.1 Å². The van der Waals surface area contributed by atoms with Crippen LogP contribution >= 0.6 is 11.3 Å². The van der Waals surface area contributed by atoms with Gasteiger partial charge in [0.25, 0.3) is 11.1 Å². The molecule has 3 aromatic heterocycles. The second-order valence-electron chi connectivity index (χ2n) is 7.88. The van der Waals surface area contributed by atoms with Crippen molar-refractivity contribution in [2.45, 2.75) is 44.6 Å². The minimum absolute atomic E-state index is 0.0547. The van der Waals surface area contributed by atoms with E-state index in [0.29, 0.717) is 21.1 Å². The zero-order valence-electron chi connectivity index (χ0n) is 17.1. The maximum atomic E-state index is 12.8. The number of benzene rings is 1. The van der Waals surface area contributed by atoms with Crippen LogP contribution in [0, 0.1) is 11.3 Å². The third-order valence-corrected chi connectivity index (χ3v) is 7.08. The molecule has 0 radical (unpaired) electrons. The van der Waals surface area contributed by atoms with E-state index in [4.69, 9.17) is 0 Å². The van der Waals surface area contributed by atoms with Gasteiger partial charge in [-0.2, -0.15) is 5.26 Å². The molecular formula is C23H19N5O3S. The first-order valence-corrected chi connectivity index (χ1v) is 11.3. The third kappa shape index (κ3) is 3.42. The first-order chi connectivity index (χ1) is 15.6. The minimum atomic E-state index is -1.20. The van der Waals surface area contributed by atoms with E-state index in [1.807, 2.05) is 6.07 Å². The van der Waals surface area contributed by atoms with Crippen molar-refractivity contribution in [3.63, 3.8) is 0 Å². The fourth-order valence-corrected chi connectivity index (χ4v) is 5.51. The molecule has 0 amide bonds. The summed E-state index contributed by atoms with van der Waals surface area (Å²) in [6.45, 7) is 0.0907. The first-order valence-electron chi connectivity index (χ1n) is 10.5. The van der Waals surface area contributed by atoms with Crippen LogP contribution in [0.4, 0.5) is 0 Å². The van der Waals surface area contributed by atoms with E-state index < -0.39 is 11.7 Å². The number of nitriles is 1. The molecule has 1 aromatic carbocycles. The van der Waals surface area contributed by atoms with Crippen molar-refractivity contribution in [3.05, 3.63) is 67.6 Å². The van der Waals surface area contributed by atoms with E-state index in [2.05, 4.69) is 15.0 Å². The van der Waals surface area contributed by atoms with E-state index in [9.17, 15) is 19.6 Å². The Bertz CT molecular complexity index is 1520. The lowest BCUT2D eigenvalue weighted by Crippen LogP contribution is -2.24. The molecule has 5 rings (SSSR count). The standard InChI is InChI=1S/C23H19N5O3S/c24-11-15(17(29)9-10-28-12-25-16-7-3-1-5-13(16)23(28)31)20-26-21(30)19-14-6-2-4-8-18(14)32-22(19)27-20/h1,3,5,7,12,15H,2,4,6,8-10H2,(H,26,27,30). The van der Waals surface area contributed by atoms with Gasteiger partial charge in [-0.15, -0.1) is 11.3 Å². The molecule has 8 nitrogen and oxygen atoms in total. The van der Waals surface area contributed by atoms with E-state index in [0.717, 1.165) is 31.2 Å². The number of ketones is 1. The van der Waals surface area contributed by atoms with Crippen LogP contribution in [0.2, 0.25) is 0 Å². The number of aryl methyl sites for hydroxylation is 3. The highest BCUT2D eigenvalue weighted by Gasteiger charge is 2.26. The molecule has 0 spiro atoms. The van der Waals surface area contributed by atoms with Crippen molar-refractivity contribution in [2.75, 3.05) is 0 Å². The van der Waals surface area contributed by atoms with Gasteiger partial charge in [0, 0.05) is 17.8 Å². The number of H-pyrrole nitrogens is 1. The number of hydrogen-bond acceptors (Lipinski definition) is 7. The Morgan fingerprint density at radius 2 is 2.06 bits per heavy atom. The fraction of sp³-hybridized carbons (Fsp3) is 0.304. The SMILES string of the molecule is N#CC(C(=O)CCn1cnc2ccccc2c1=O)c1nc2sc3c(c2c(=O)[nH]1)CCCC3. The summed E-state index contributed by atoms with van der Waals surface area (Å²) in [5.74, 6) is -1.54. The lowest BCUT2D eigenvalue weighted by molar-refractivity contribution is -0.119. The topological polar surface area (TPSA) is 122 Å². The number of fused-ring (bicyclic) bond motifs is 4. The summed E-state index contributed by atoms with van der Waals surface area (Å²) in [6, 6.07) is 8.96. The van der Waals surface area contributed by atoms with E-state index in [1.54, 1.807) is 24.3 Å². The maximum absolute atomic E-state index is 12.8. The van der Waals surface area contributed by atoms with Crippen LogP contribution < -0.4 is 11.1 Å². The van der Waals surface area contributed by atoms with Crippen molar-refractivity contribution < 1.29 is 4.79 Å². The normalized spacial score (nSPS) is 14.2. The van der Waals surface area contributed by atoms with Gasteiger partial charge in [-0.05, 0) is 43.4 Å². The Kier molecular flexibility index (Phi) is 5.15. The van der Waals surface area contributed by atoms with Crippen LogP contribution in [-0.2, 0) is 24.2 Å². The summed E-state index contributed by atoms with van der Waals surface area (Å²) in [4.78, 5) is 51.4. The summed E-state index contributed by atoms with van der Waals surface area (Å²) in [5.41, 5.74) is 1.10. The Morgan fingerprint density at radius 3 is 2.91 bits per heavy atom. The number of aromatic nitrogens is 4. The quantitative estimate of drug-likeness (QED) is 0.504. The van der Waals surface area contributed by atoms with Gasteiger partial charge in [0.1, 0.15) is 10.7 Å². The average molecular weight is 446 g/mol. The molecule has 0 bridgehead atoms. The summed E-state index contributed by atoms with van der Waals surface area (Å²) >= 11 is 1.48. The number of nitrogens with one attached hydrogen (secondary N) is 1. The molecule has 0 fully saturated rings. The molecule has 1 atom stereocenters. The summed E-state index contributed by atoms with van der Waals surface area (Å²) < 4.78 is 1.36. The van der Waals surface area contributed by atoms with Crippen molar-refractivity contribution in [3.8, 4) is 6.07 Å². The second kappa shape index (κ2) is 8.13. The molecule has 9 heteroatoms. The molecule has 1 unspecified atom stereocenters. The number of nitrogens with zero attached hydrogens (tertiary/aromatic N) is 4. The number of para-hydroxylation sites is 1. The summed E-state index contributed by atoms with van der Waals surface area (Å²) in [6.07, 6.45) is 5.27. The lowest BCUT2D eigenvalue weighted by atomic mass is 9.97. The van der Waals surface area contributed by atoms with Crippen molar-refractivity contribution in [1.29, 1.82) is 5.26 Å². The second-order valence-corrected chi connectivity index (χ2v) is 8.96. The molecule has 1 aliphatic carbocycles. The number of hydrogen-bond donors (Lipinski definition) is 1. The largest absolute Gasteiger partial charge is 0.308 e. The molecule has 3 heterocycles. The van der Waals surface area contributed by atoms with Gasteiger partial charge in [-0.3, -0.25) is 19.0 Å². The highest BCUT2D eigenvalue weighted by atomic mass is 32.1. The molecule has 1 N–H and O–H groups in total. The summed E-state index contributed by atoms with van der Waals surface area (Å²) in [5, 5.41) is 10.7. The van der Waals surface area contributed by atoms with Gasteiger partial charge < -0.3 is 4.98 Å². The maximum Gasteiger partial charge on any atom is 0.261 e. The van der Waals surface area contributed by atoms with E-state index in [-0.39, 0.29) is 29.9 Å². The molecule has 0 aliphatic heterocycles. The van der Waals surface area contributed by atoms with Crippen LogP contribution in [0.25, 0.3) is 21.1 Å². The van der Waals surface area contributed by atoms with Crippen molar-refractivity contribution in [2.24, 2.45) is 0 Å². The number of thiophene rings is 1.